The van der Waals surface area contributed by atoms with Gasteiger partial charge in [0.25, 0.3) is 0 Å². The fourth-order valence-electron chi connectivity index (χ4n) is 1.59. The third kappa shape index (κ3) is 3.21. The van der Waals surface area contributed by atoms with E-state index in [1.165, 1.54) is 0 Å². The van der Waals surface area contributed by atoms with Gasteiger partial charge in [-0.25, -0.2) is 10.8 Å². The number of nitrogen functional groups attached to an aromatic ring is 1. The summed E-state index contributed by atoms with van der Waals surface area (Å²) in [6.45, 7) is 6.47. The van der Waals surface area contributed by atoms with E-state index in [0.29, 0.717) is 18.3 Å². The van der Waals surface area contributed by atoms with Crippen LogP contribution in [0.25, 0.3) is 0 Å². The Hall–Kier alpha value is -1.66. The molecule has 5 nitrogen and oxygen atoms in total. The molecule has 0 aliphatic rings. The molecule has 2 heterocycles. The molecule has 0 amide bonds. The summed E-state index contributed by atoms with van der Waals surface area (Å²) in [5.74, 6) is 7.62. The van der Waals surface area contributed by atoms with Crippen molar-refractivity contribution in [2.45, 2.75) is 33.3 Å². The Morgan fingerprint density at radius 3 is 2.79 bits per heavy atom. The number of nitrogens with one attached hydrogen (secondary N) is 1. The maximum Gasteiger partial charge on any atom is 0.222 e. The predicted molar refractivity (Wildman–Crippen MR) is 77.3 cm³/mol. The van der Waals surface area contributed by atoms with Crippen molar-refractivity contribution in [3.05, 3.63) is 33.8 Å². The summed E-state index contributed by atoms with van der Waals surface area (Å²) in [6, 6.07) is 4.04. The zero-order valence-corrected chi connectivity index (χ0v) is 12.1. The lowest BCUT2D eigenvalue weighted by Gasteiger charge is -2.13. The van der Waals surface area contributed by atoms with Crippen LogP contribution in [0.1, 0.15) is 36.0 Å². The van der Waals surface area contributed by atoms with Crippen molar-refractivity contribution >= 4 is 17.2 Å². The minimum Gasteiger partial charge on any atom is -0.472 e. The number of aromatic nitrogens is 2. The summed E-state index contributed by atoms with van der Waals surface area (Å²) in [5.41, 5.74) is 3.42. The van der Waals surface area contributed by atoms with Crippen LogP contribution in [-0.4, -0.2) is 9.97 Å². The number of hydrazine groups is 1. The summed E-state index contributed by atoms with van der Waals surface area (Å²) in [7, 11) is 0. The van der Waals surface area contributed by atoms with Crippen molar-refractivity contribution < 1.29 is 4.74 Å². The lowest BCUT2D eigenvalue weighted by atomic mass is 10.2. The second-order valence-corrected chi connectivity index (χ2v) is 5.56. The average Bonchev–Trinajstić information content (AvgIpc) is 2.90. The van der Waals surface area contributed by atoms with Crippen LogP contribution >= 0.6 is 11.3 Å². The van der Waals surface area contributed by atoms with Crippen molar-refractivity contribution in [3.63, 3.8) is 0 Å². The summed E-state index contributed by atoms with van der Waals surface area (Å²) in [4.78, 5) is 9.99. The first kappa shape index (κ1) is 13.8. The Morgan fingerprint density at radius 1 is 1.42 bits per heavy atom. The largest absolute Gasteiger partial charge is 0.472 e. The van der Waals surface area contributed by atoms with Gasteiger partial charge in [0.2, 0.25) is 5.88 Å². The van der Waals surface area contributed by atoms with Gasteiger partial charge in [-0.1, -0.05) is 19.9 Å². The highest BCUT2D eigenvalue weighted by molar-refractivity contribution is 7.09. The fourth-order valence-corrected chi connectivity index (χ4v) is 2.20. The zero-order valence-electron chi connectivity index (χ0n) is 11.3. The number of ether oxygens (including phenoxy) is 1. The lowest BCUT2D eigenvalue weighted by Crippen LogP contribution is -2.14. The van der Waals surface area contributed by atoms with Gasteiger partial charge >= 0.3 is 0 Å². The summed E-state index contributed by atoms with van der Waals surface area (Å²) < 4.78 is 5.78. The van der Waals surface area contributed by atoms with E-state index in [-0.39, 0.29) is 5.92 Å². The first-order valence-electron chi connectivity index (χ1n) is 6.12. The molecule has 0 fully saturated rings. The third-order valence-electron chi connectivity index (χ3n) is 2.70. The second kappa shape index (κ2) is 5.99. The first-order chi connectivity index (χ1) is 9.11. The number of thiophene rings is 1. The Bertz CT molecular complexity index is 540. The molecule has 0 spiro atoms. The molecule has 0 bridgehead atoms. The minimum absolute atomic E-state index is 0.219. The number of nitrogens with two attached hydrogens (primary N) is 1. The van der Waals surface area contributed by atoms with Crippen LogP contribution in [0.2, 0.25) is 0 Å². The van der Waals surface area contributed by atoms with E-state index in [9.17, 15) is 0 Å². The summed E-state index contributed by atoms with van der Waals surface area (Å²) >= 11 is 1.66. The third-order valence-corrected chi connectivity index (χ3v) is 3.55. The maximum absolute atomic E-state index is 5.78. The van der Waals surface area contributed by atoms with E-state index >= 15 is 0 Å². The molecular weight excluding hydrogens is 260 g/mol. The van der Waals surface area contributed by atoms with Crippen LogP contribution in [0.15, 0.2) is 17.5 Å². The normalized spacial score (nSPS) is 10.8. The molecule has 0 radical (unpaired) electrons. The molecule has 0 saturated heterocycles. The Balaban J connectivity index is 2.24. The van der Waals surface area contributed by atoms with Gasteiger partial charge < -0.3 is 10.2 Å². The van der Waals surface area contributed by atoms with E-state index < -0.39 is 0 Å². The van der Waals surface area contributed by atoms with Crippen LogP contribution < -0.4 is 16.0 Å². The summed E-state index contributed by atoms with van der Waals surface area (Å²) in [5, 5.41) is 2.03. The van der Waals surface area contributed by atoms with Crippen LogP contribution in [0.5, 0.6) is 5.88 Å². The number of hydrogen-bond acceptors (Lipinski definition) is 6. The quantitative estimate of drug-likeness (QED) is 0.650. The standard InChI is InChI=1S/C13H18N4OS/c1-8(2)11-15-12(17-14)9(3)13(16-11)18-7-10-5-4-6-19-10/h4-6,8H,7,14H2,1-3H3,(H,15,16,17). The lowest BCUT2D eigenvalue weighted by molar-refractivity contribution is 0.293. The van der Waals surface area contributed by atoms with Crippen LogP contribution in [0, 0.1) is 6.92 Å². The van der Waals surface area contributed by atoms with Gasteiger partial charge in [0.05, 0.1) is 5.56 Å². The van der Waals surface area contributed by atoms with Crippen molar-refractivity contribution in [2.75, 3.05) is 5.43 Å². The maximum atomic E-state index is 5.78. The number of rotatable bonds is 5. The highest BCUT2D eigenvalue weighted by Gasteiger charge is 2.13. The Labute approximate surface area is 116 Å². The SMILES string of the molecule is Cc1c(NN)nc(C(C)C)nc1OCc1cccs1. The molecule has 0 unspecified atom stereocenters. The van der Waals surface area contributed by atoms with Gasteiger partial charge in [-0.3, -0.25) is 0 Å². The van der Waals surface area contributed by atoms with Crippen molar-refractivity contribution in [3.8, 4) is 5.88 Å². The molecule has 2 aromatic heterocycles. The predicted octanol–water partition coefficient (Wildman–Crippen LogP) is 2.83. The van der Waals surface area contributed by atoms with Gasteiger partial charge in [0, 0.05) is 10.8 Å². The highest BCUT2D eigenvalue weighted by atomic mass is 32.1. The molecule has 102 valence electrons. The van der Waals surface area contributed by atoms with E-state index in [0.717, 1.165) is 16.3 Å². The fraction of sp³-hybridized carbons (Fsp3) is 0.385. The average molecular weight is 278 g/mol. The molecule has 0 aromatic carbocycles. The Morgan fingerprint density at radius 2 is 2.21 bits per heavy atom. The van der Waals surface area contributed by atoms with E-state index in [4.69, 9.17) is 10.6 Å². The van der Waals surface area contributed by atoms with Crippen molar-refractivity contribution in [2.24, 2.45) is 5.84 Å². The van der Waals surface area contributed by atoms with E-state index in [1.54, 1.807) is 11.3 Å². The molecule has 0 atom stereocenters. The minimum atomic E-state index is 0.219. The molecule has 2 rings (SSSR count). The first-order valence-corrected chi connectivity index (χ1v) is 7.00. The zero-order chi connectivity index (χ0) is 13.8. The molecule has 2 aromatic rings. The Kier molecular flexibility index (Phi) is 4.34. The summed E-state index contributed by atoms with van der Waals surface area (Å²) in [6.07, 6.45) is 0. The van der Waals surface area contributed by atoms with Gasteiger partial charge in [0.15, 0.2) is 0 Å². The molecule has 0 aliphatic heterocycles. The monoisotopic (exact) mass is 278 g/mol. The molecule has 3 N–H and O–H groups in total. The number of nitrogens with zero attached hydrogens (tertiary/aromatic N) is 2. The van der Waals surface area contributed by atoms with Crippen LogP contribution in [-0.2, 0) is 6.61 Å². The molecule has 0 aliphatic carbocycles. The van der Waals surface area contributed by atoms with Gasteiger partial charge in [-0.2, -0.15) is 4.98 Å². The number of hydrogen-bond donors (Lipinski definition) is 2. The smallest absolute Gasteiger partial charge is 0.222 e. The second-order valence-electron chi connectivity index (χ2n) is 4.53. The highest BCUT2D eigenvalue weighted by Crippen LogP contribution is 2.25. The van der Waals surface area contributed by atoms with Gasteiger partial charge in [-0.05, 0) is 18.4 Å². The van der Waals surface area contributed by atoms with E-state index in [2.05, 4.69) is 15.4 Å². The molecule has 6 heteroatoms. The molecule has 0 saturated carbocycles. The topological polar surface area (TPSA) is 73.1 Å². The van der Waals surface area contributed by atoms with Crippen molar-refractivity contribution in [1.29, 1.82) is 0 Å². The molecule has 19 heavy (non-hydrogen) atoms. The number of anilines is 1. The molecular formula is C13H18N4OS. The van der Waals surface area contributed by atoms with Gasteiger partial charge in [0.1, 0.15) is 18.2 Å². The van der Waals surface area contributed by atoms with E-state index in [1.807, 2.05) is 38.3 Å². The van der Waals surface area contributed by atoms with Crippen LogP contribution in [0.3, 0.4) is 0 Å². The van der Waals surface area contributed by atoms with Gasteiger partial charge in [-0.15, -0.1) is 11.3 Å². The van der Waals surface area contributed by atoms with Crippen LogP contribution in [0.4, 0.5) is 5.82 Å². The van der Waals surface area contributed by atoms with Crippen molar-refractivity contribution in [1.82, 2.24) is 9.97 Å².